The fraction of sp³-hybridized carbons (Fsp3) is 0.263. The topological polar surface area (TPSA) is 88.2 Å². The molecule has 26 heavy (non-hydrogen) atoms. The smallest absolute Gasteiger partial charge is 0.333 e. The molecule has 4 N–H and O–H groups in total. The lowest BCUT2D eigenvalue weighted by Crippen LogP contribution is -2.24. The van der Waals surface area contributed by atoms with E-state index in [1.807, 2.05) is 25.1 Å². The van der Waals surface area contributed by atoms with E-state index < -0.39 is 6.04 Å². The highest BCUT2D eigenvalue weighted by Gasteiger charge is 2.24. The Kier molecular flexibility index (Phi) is 8.48. The van der Waals surface area contributed by atoms with Gasteiger partial charge in [-0.15, -0.1) is 25.0 Å². The van der Waals surface area contributed by atoms with Crippen molar-refractivity contribution in [3.63, 3.8) is 0 Å². The summed E-state index contributed by atoms with van der Waals surface area (Å²) < 4.78 is 5.23. The van der Waals surface area contributed by atoms with Crippen LogP contribution in [-0.2, 0) is 16.0 Å². The highest BCUT2D eigenvalue weighted by Crippen LogP contribution is 2.29. The van der Waals surface area contributed by atoms with E-state index in [2.05, 4.69) is 17.9 Å². The lowest BCUT2D eigenvalue weighted by molar-refractivity contribution is -0.144. The van der Waals surface area contributed by atoms with Crippen molar-refractivity contribution in [3.8, 4) is 0 Å². The van der Waals surface area contributed by atoms with Gasteiger partial charge in [0, 0.05) is 16.1 Å². The standard InChI is InChI=1S/C19H23N3O2S.ClH/c1-3-12-6-5-7-15(17(12)25)16(19(23)24-4-2)22-14-10-8-13(9-11-14)18(20)21;/h5-11,16,22,25H,3-4H2,1-2H3,(H3,20,21);1H. The number of aryl methyl sites for hydroxylation is 1. The number of esters is 1. The van der Waals surface area contributed by atoms with E-state index >= 15 is 0 Å². The predicted molar refractivity (Wildman–Crippen MR) is 111 cm³/mol. The van der Waals surface area contributed by atoms with Gasteiger partial charge in [-0.25, -0.2) is 4.79 Å². The minimum absolute atomic E-state index is 0. The van der Waals surface area contributed by atoms with Crippen molar-refractivity contribution in [1.82, 2.24) is 0 Å². The second-order valence-electron chi connectivity index (χ2n) is 5.53. The van der Waals surface area contributed by atoms with Crippen LogP contribution in [-0.4, -0.2) is 18.4 Å². The van der Waals surface area contributed by atoms with Crippen LogP contribution in [0, 0.1) is 5.41 Å². The second-order valence-corrected chi connectivity index (χ2v) is 5.98. The van der Waals surface area contributed by atoms with Crippen LogP contribution >= 0.6 is 25.0 Å². The van der Waals surface area contributed by atoms with Crippen LogP contribution in [0.3, 0.4) is 0 Å². The van der Waals surface area contributed by atoms with Crippen molar-refractivity contribution in [3.05, 3.63) is 59.2 Å². The van der Waals surface area contributed by atoms with Gasteiger partial charge < -0.3 is 15.8 Å². The van der Waals surface area contributed by atoms with Gasteiger partial charge in [-0.3, -0.25) is 5.41 Å². The molecule has 0 aliphatic rings. The molecule has 0 saturated heterocycles. The molecule has 5 nitrogen and oxygen atoms in total. The van der Waals surface area contributed by atoms with Crippen molar-refractivity contribution >= 4 is 42.5 Å². The fourth-order valence-electron chi connectivity index (χ4n) is 2.53. The Morgan fingerprint density at radius 3 is 2.42 bits per heavy atom. The Morgan fingerprint density at radius 2 is 1.88 bits per heavy atom. The van der Waals surface area contributed by atoms with Crippen LogP contribution in [0.1, 0.15) is 36.6 Å². The molecule has 7 heteroatoms. The maximum absolute atomic E-state index is 12.5. The molecule has 0 radical (unpaired) electrons. The Bertz CT molecular complexity index is 766. The van der Waals surface area contributed by atoms with Gasteiger partial charge in [-0.1, -0.05) is 25.1 Å². The van der Waals surface area contributed by atoms with Gasteiger partial charge >= 0.3 is 5.97 Å². The molecule has 1 unspecified atom stereocenters. The number of hydrogen-bond donors (Lipinski definition) is 4. The molecule has 0 spiro atoms. The number of nitrogens with one attached hydrogen (secondary N) is 2. The number of rotatable bonds is 7. The number of nitrogens with two attached hydrogens (primary N) is 1. The zero-order chi connectivity index (χ0) is 18.4. The van der Waals surface area contributed by atoms with Gasteiger partial charge in [0.05, 0.1) is 6.61 Å². The quantitative estimate of drug-likeness (QED) is 0.248. The maximum Gasteiger partial charge on any atom is 0.333 e. The van der Waals surface area contributed by atoms with E-state index in [0.717, 1.165) is 28.1 Å². The third kappa shape index (κ3) is 5.16. The molecule has 140 valence electrons. The van der Waals surface area contributed by atoms with Gasteiger partial charge in [0.1, 0.15) is 5.84 Å². The van der Waals surface area contributed by atoms with Crippen LogP contribution in [0.15, 0.2) is 47.4 Å². The Labute approximate surface area is 165 Å². The Hall–Kier alpha value is -2.18. The molecule has 0 bridgehead atoms. The van der Waals surface area contributed by atoms with Crippen LogP contribution in [0.25, 0.3) is 0 Å². The van der Waals surface area contributed by atoms with Crippen molar-refractivity contribution in [2.24, 2.45) is 5.73 Å². The highest BCUT2D eigenvalue weighted by atomic mass is 35.5. The number of thiol groups is 1. The molecule has 0 amide bonds. The largest absolute Gasteiger partial charge is 0.464 e. The summed E-state index contributed by atoms with van der Waals surface area (Å²) in [6, 6.07) is 12.2. The number of benzene rings is 2. The summed E-state index contributed by atoms with van der Waals surface area (Å²) >= 11 is 4.61. The molecular formula is C19H24ClN3O2S. The number of carbonyl (C=O) groups excluding carboxylic acids is 1. The number of carbonyl (C=O) groups is 1. The van der Waals surface area contributed by atoms with E-state index in [4.69, 9.17) is 15.9 Å². The van der Waals surface area contributed by atoms with Gasteiger partial charge in [0.25, 0.3) is 0 Å². The van der Waals surface area contributed by atoms with Crippen molar-refractivity contribution in [2.75, 3.05) is 11.9 Å². The monoisotopic (exact) mass is 393 g/mol. The van der Waals surface area contributed by atoms with E-state index in [9.17, 15) is 4.79 Å². The van der Waals surface area contributed by atoms with Gasteiger partial charge in [-0.05, 0) is 48.7 Å². The summed E-state index contributed by atoms with van der Waals surface area (Å²) in [6.45, 7) is 4.13. The third-order valence-corrected chi connectivity index (χ3v) is 4.42. The minimum atomic E-state index is -0.665. The maximum atomic E-state index is 12.5. The van der Waals surface area contributed by atoms with Crippen molar-refractivity contribution in [2.45, 2.75) is 31.2 Å². The molecule has 0 saturated carbocycles. The minimum Gasteiger partial charge on any atom is -0.464 e. The summed E-state index contributed by atoms with van der Waals surface area (Å²) in [4.78, 5) is 13.3. The third-order valence-electron chi connectivity index (χ3n) is 3.87. The average molecular weight is 394 g/mol. The van der Waals surface area contributed by atoms with Crippen molar-refractivity contribution < 1.29 is 9.53 Å². The lowest BCUT2D eigenvalue weighted by atomic mass is 10.0. The first-order valence-corrected chi connectivity index (χ1v) is 8.61. The number of ether oxygens (including phenoxy) is 1. The lowest BCUT2D eigenvalue weighted by Gasteiger charge is -2.21. The fourth-order valence-corrected chi connectivity index (χ4v) is 2.97. The van der Waals surface area contributed by atoms with Crippen LogP contribution < -0.4 is 11.1 Å². The predicted octanol–water partition coefficient (Wildman–Crippen LogP) is 3.96. The van der Waals surface area contributed by atoms with Crippen LogP contribution in [0.2, 0.25) is 0 Å². The van der Waals surface area contributed by atoms with E-state index in [1.165, 1.54) is 0 Å². The molecule has 2 aromatic rings. The van der Waals surface area contributed by atoms with Crippen molar-refractivity contribution in [1.29, 1.82) is 5.41 Å². The first-order chi connectivity index (χ1) is 12.0. The molecular weight excluding hydrogens is 370 g/mol. The van der Waals surface area contributed by atoms with Crippen LogP contribution in [0.4, 0.5) is 5.69 Å². The molecule has 1 atom stereocenters. The van der Waals surface area contributed by atoms with Gasteiger partial charge in [0.15, 0.2) is 6.04 Å². The number of amidine groups is 1. The molecule has 0 aliphatic carbocycles. The molecule has 2 rings (SSSR count). The van der Waals surface area contributed by atoms with E-state index in [1.54, 1.807) is 31.2 Å². The molecule has 0 aliphatic heterocycles. The summed E-state index contributed by atoms with van der Waals surface area (Å²) in [6.07, 6.45) is 0.829. The summed E-state index contributed by atoms with van der Waals surface area (Å²) in [5.74, 6) is -0.358. The zero-order valence-electron chi connectivity index (χ0n) is 14.8. The van der Waals surface area contributed by atoms with Crippen LogP contribution in [0.5, 0.6) is 0 Å². The normalized spacial score (nSPS) is 11.2. The van der Waals surface area contributed by atoms with E-state index in [-0.39, 0.29) is 24.2 Å². The summed E-state index contributed by atoms with van der Waals surface area (Å²) in [5.41, 5.74) is 8.68. The van der Waals surface area contributed by atoms with E-state index in [0.29, 0.717) is 12.2 Å². The molecule has 0 fully saturated rings. The SMILES string of the molecule is CCOC(=O)C(Nc1ccc(C(=N)N)cc1)c1cccc(CC)c1S.Cl. The number of nitrogen functional groups attached to an aromatic ring is 1. The number of hydrogen-bond acceptors (Lipinski definition) is 5. The Balaban J connectivity index is 0.00000338. The number of anilines is 1. The first kappa shape index (κ1) is 21.9. The highest BCUT2D eigenvalue weighted by molar-refractivity contribution is 7.80. The number of halogens is 1. The molecule has 2 aromatic carbocycles. The van der Waals surface area contributed by atoms with Gasteiger partial charge in [0.2, 0.25) is 0 Å². The Morgan fingerprint density at radius 1 is 1.23 bits per heavy atom. The zero-order valence-corrected chi connectivity index (χ0v) is 16.5. The summed E-state index contributed by atoms with van der Waals surface area (Å²) in [5, 5.41) is 10.7. The molecule has 0 aromatic heterocycles. The van der Waals surface area contributed by atoms with Gasteiger partial charge in [-0.2, -0.15) is 0 Å². The first-order valence-electron chi connectivity index (χ1n) is 8.16. The summed E-state index contributed by atoms with van der Waals surface area (Å²) in [7, 11) is 0. The second kappa shape index (κ2) is 10.1. The average Bonchev–Trinajstić information content (AvgIpc) is 2.61. The molecule has 0 heterocycles.